The van der Waals surface area contributed by atoms with Gasteiger partial charge in [-0.1, -0.05) is 38.5 Å². The molecule has 2 unspecified atom stereocenters. The smallest absolute Gasteiger partial charge is 0.213 e. The van der Waals surface area contributed by atoms with Crippen LogP contribution in [0.2, 0.25) is 0 Å². The van der Waals surface area contributed by atoms with Gasteiger partial charge in [-0.3, -0.25) is 0 Å². The molecule has 0 radical (unpaired) electrons. The Bertz CT molecular complexity index is 370. The lowest BCUT2D eigenvalue weighted by Gasteiger charge is -2.75. The van der Waals surface area contributed by atoms with E-state index < -0.39 is 23.8 Å². The number of hydrogen-bond acceptors (Lipinski definition) is 6. The Morgan fingerprint density at radius 3 is 1.89 bits per heavy atom. The minimum absolute atomic E-state index is 0.298. The van der Waals surface area contributed by atoms with Crippen LogP contribution < -0.4 is 0 Å². The van der Waals surface area contributed by atoms with Gasteiger partial charge in [0, 0.05) is 9.13 Å². The third kappa shape index (κ3) is 3.03. The average Bonchev–Trinajstić information content (AvgIpc) is 2.50. The normalized spacial score (nSPS) is 33.7. The van der Waals surface area contributed by atoms with Gasteiger partial charge in [-0.2, -0.15) is 0 Å². The summed E-state index contributed by atoms with van der Waals surface area (Å²) in [6.45, 7) is 8.67. The topological polar surface area (TPSA) is 61.8 Å². The summed E-state index contributed by atoms with van der Waals surface area (Å²) in [5.74, 6) is 4.60. The van der Waals surface area contributed by atoms with E-state index >= 15 is 0 Å². The zero-order valence-electron chi connectivity index (χ0n) is 12.0. The lowest BCUT2D eigenvalue weighted by Crippen LogP contribution is -2.45. The molecule has 0 spiro atoms. The molecule has 9 heteroatoms. The van der Waals surface area contributed by atoms with Gasteiger partial charge in [0.1, 0.15) is 5.94 Å². The van der Waals surface area contributed by atoms with Gasteiger partial charge in [-0.05, 0) is 23.0 Å². The van der Waals surface area contributed by atoms with Crippen LogP contribution in [0.15, 0.2) is 0 Å². The van der Waals surface area contributed by atoms with E-state index in [1.807, 2.05) is 0 Å². The van der Waals surface area contributed by atoms with Crippen LogP contribution in [0.3, 0.4) is 0 Å². The molecule has 1 aliphatic heterocycles. The van der Waals surface area contributed by atoms with Crippen molar-refractivity contribution in [3.63, 3.8) is 0 Å². The van der Waals surface area contributed by atoms with E-state index in [9.17, 15) is 9.13 Å². The first-order valence-electron chi connectivity index (χ1n) is 6.40. The molecule has 0 aliphatic carbocycles. The maximum absolute atomic E-state index is 11.7. The van der Waals surface area contributed by atoms with Crippen molar-refractivity contribution in [3.8, 4) is 0 Å². The molecule has 5 nitrogen and oxygen atoms in total. The second kappa shape index (κ2) is 5.88. The molecule has 0 N–H and O–H groups in total. The van der Waals surface area contributed by atoms with Crippen molar-refractivity contribution >= 4 is 34.6 Å². The molecule has 1 rings (SSSR count). The van der Waals surface area contributed by atoms with Crippen molar-refractivity contribution in [2.45, 2.75) is 27.7 Å². The largest absolute Gasteiger partial charge is 0.748 e. The highest BCUT2D eigenvalue weighted by molar-refractivity contribution is 9.13. The zero-order chi connectivity index (χ0) is 14.6. The maximum atomic E-state index is 11.7. The van der Waals surface area contributed by atoms with Crippen LogP contribution in [0.4, 0.5) is 0 Å². The quantitative estimate of drug-likeness (QED) is 0.532. The Balaban J connectivity index is 3.28. The molecule has 1 fully saturated rings. The summed E-state index contributed by atoms with van der Waals surface area (Å²) in [7, 11) is -5.62. The zero-order valence-corrected chi connectivity index (χ0v) is 15.4. The van der Waals surface area contributed by atoms with E-state index in [0.717, 1.165) is 23.0 Å². The molecule has 19 heavy (non-hydrogen) atoms. The highest BCUT2D eigenvalue weighted by atomic mass is 33.2. The van der Waals surface area contributed by atoms with Gasteiger partial charge in [0.2, 0.25) is 0 Å². The molecule has 1 heterocycles. The number of rotatable bonds is 4. The van der Waals surface area contributed by atoms with Gasteiger partial charge in [-0.15, -0.1) is 9.05 Å². The minimum Gasteiger partial charge on any atom is -0.213 e. The van der Waals surface area contributed by atoms with Crippen molar-refractivity contribution < 1.29 is 22.5 Å². The van der Waals surface area contributed by atoms with Gasteiger partial charge < -0.3 is 0 Å². The fraction of sp³-hybridized carbons (Fsp3) is 1.00. The molecule has 0 saturated carbocycles. The van der Waals surface area contributed by atoms with Crippen molar-refractivity contribution in [1.82, 2.24) is 0 Å². The molecule has 0 aromatic heterocycles. The summed E-state index contributed by atoms with van der Waals surface area (Å²) in [4.78, 5) is 0. The van der Waals surface area contributed by atoms with Crippen LogP contribution >= 0.6 is 34.6 Å². The molecule has 114 valence electrons. The van der Waals surface area contributed by atoms with E-state index in [4.69, 9.17) is 13.4 Å². The van der Waals surface area contributed by atoms with Gasteiger partial charge in [0.15, 0.2) is 10.2 Å². The second-order valence-corrected chi connectivity index (χ2v) is 19.5. The fourth-order valence-electron chi connectivity index (χ4n) is 2.48. The Hall–Kier alpha value is 0.780. The Kier molecular flexibility index (Phi) is 5.52. The van der Waals surface area contributed by atoms with Crippen LogP contribution in [0.5, 0.6) is 0 Å². The maximum Gasteiger partial charge on any atom is 0.748 e. The first-order chi connectivity index (χ1) is 8.85. The lowest BCUT2D eigenvalue weighted by atomic mass is 10.9. The van der Waals surface area contributed by atoms with Crippen molar-refractivity contribution in [2.75, 3.05) is 34.9 Å². The first-order valence-corrected chi connectivity index (χ1v) is 13.4. The predicted octanol–water partition coefficient (Wildman–Crippen LogP) is 4.88. The third-order valence-corrected chi connectivity index (χ3v) is 22.4. The van der Waals surface area contributed by atoms with Crippen molar-refractivity contribution in [2.24, 2.45) is 0 Å². The molecule has 1 aliphatic rings. The van der Waals surface area contributed by atoms with Crippen molar-refractivity contribution in [3.05, 3.63) is 0 Å². The van der Waals surface area contributed by atoms with E-state index in [0.29, 0.717) is 11.9 Å². The standard InChI is InChI=1S/C10H24O5P2S2/c1-5-19(6-2,7-3,8-4)10-14-17(12)15-16(11)13-9-18-19/h5-10H2,1-4H3/q+2. The van der Waals surface area contributed by atoms with Gasteiger partial charge in [0.25, 0.3) is 0 Å². The molecule has 0 aromatic carbocycles. The highest BCUT2D eigenvalue weighted by Crippen LogP contribution is 2.96. The summed E-state index contributed by atoms with van der Waals surface area (Å²) in [5.41, 5.74) is 0. The molecule has 1 saturated heterocycles. The minimum atomic E-state index is -2.62. The third-order valence-electron chi connectivity index (χ3n) is 5.03. The average molecular weight is 350 g/mol. The van der Waals surface area contributed by atoms with E-state index in [1.165, 1.54) is 0 Å². The monoisotopic (exact) mass is 350 g/mol. The van der Waals surface area contributed by atoms with Crippen LogP contribution in [0.25, 0.3) is 0 Å². The predicted molar refractivity (Wildman–Crippen MR) is 85.5 cm³/mol. The van der Waals surface area contributed by atoms with Crippen LogP contribution in [-0.2, 0) is 22.5 Å². The highest BCUT2D eigenvalue weighted by Gasteiger charge is 2.60. The van der Waals surface area contributed by atoms with Gasteiger partial charge >= 0.3 is 16.5 Å². The van der Waals surface area contributed by atoms with Gasteiger partial charge in [0.05, 0.1) is 0 Å². The SMILES string of the molecule is CCS1(CC)(CC)(CC)CO[P+](=O)O[P+](=O)OCS1. The molecule has 0 bridgehead atoms. The van der Waals surface area contributed by atoms with Gasteiger partial charge in [-0.25, -0.2) is 7.33 Å². The summed E-state index contributed by atoms with van der Waals surface area (Å²) in [5, 5.41) is 0. The molecular formula is C10H24O5P2S2+2. The summed E-state index contributed by atoms with van der Waals surface area (Å²) in [6, 6.07) is 0. The Morgan fingerprint density at radius 1 is 0.947 bits per heavy atom. The summed E-state index contributed by atoms with van der Waals surface area (Å²) in [6.07, 6.45) is 0. The Labute approximate surface area is 120 Å². The van der Waals surface area contributed by atoms with E-state index in [2.05, 4.69) is 27.7 Å². The van der Waals surface area contributed by atoms with Crippen LogP contribution in [-0.4, -0.2) is 34.9 Å². The molecule has 2 atom stereocenters. The second-order valence-electron chi connectivity index (χ2n) is 4.93. The first kappa shape index (κ1) is 17.8. The molecular weight excluding hydrogens is 326 g/mol. The van der Waals surface area contributed by atoms with Crippen LogP contribution in [0, 0.1) is 0 Å². The summed E-state index contributed by atoms with van der Waals surface area (Å²) >= 11 is 0. The fourth-order valence-corrected chi connectivity index (χ4v) is 13.7. The Morgan fingerprint density at radius 2 is 1.42 bits per heavy atom. The molecule has 0 amide bonds. The van der Waals surface area contributed by atoms with Crippen LogP contribution in [0.1, 0.15) is 27.7 Å². The van der Waals surface area contributed by atoms with Crippen molar-refractivity contribution in [1.29, 1.82) is 0 Å². The van der Waals surface area contributed by atoms with E-state index in [1.54, 1.807) is 10.8 Å². The van der Waals surface area contributed by atoms with E-state index in [-0.39, 0.29) is 0 Å². The molecule has 0 aromatic rings. The summed E-state index contributed by atoms with van der Waals surface area (Å²) < 4.78 is 38.4. The number of hydrogen-bond donors (Lipinski definition) is 0. The lowest BCUT2D eigenvalue weighted by molar-refractivity contribution is 0.298.